The lowest BCUT2D eigenvalue weighted by molar-refractivity contribution is 1.15. The van der Waals surface area contributed by atoms with Crippen LogP contribution in [0.5, 0.6) is 0 Å². The van der Waals surface area contributed by atoms with Crippen molar-refractivity contribution in [3.8, 4) is 0 Å². The van der Waals surface area contributed by atoms with Gasteiger partial charge in [-0.2, -0.15) is 0 Å². The molecular formula is C7H11N. The highest BCUT2D eigenvalue weighted by molar-refractivity contribution is 4.94. The Labute approximate surface area is 50.4 Å². The summed E-state index contributed by atoms with van der Waals surface area (Å²) in [5.74, 6) is 0. The fourth-order valence-corrected chi connectivity index (χ4v) is 0.267. The Bertz CT molecular complexity index is 123. The molecule has 0 aromatic carbocycles. The maximum atomic E-state index is 3.39. The van der Waals surface area contributed by atoms with Gasteiger partial charge in [0.25, 0.3) is 0 Å². The minimum absolute atomic E-state index is 1.23. The van der Waals surface area contributed by atoms with Gasteiger partial charge in [0, 0.05) is 6.20 Å². The molecule has 0 aliphatic carbocycles. The van der Waals surface area contributed by atoms with Crippen LogP contribution in [0.3, 0.4) is 0 Å². The molecule has 0 radical (unpaired) electrons. The Morgan fingerprint density at radius 3 is 2.62 bits per heavy atom. The molecule has 8 heavy (non-hydrogen) atoms. The van der Waals surface area contributed by atoms with Crippen molar-refractivity contribution >= 4 is 0 Å². The van der Waals surface area contributed by atoms with Gasteiger partial charge in [-0.25, -0.2) is 0 Å². The quantitative estimate of drug-likeness (QED) is 0.533. The van der Waals surface area contributed by atoms with Crippen molar-refractivity contribution in [1.29, 1.82) is 0 Å². The van der Waals surface area contributed by atoms with Crippen LogP contribution in [-0.2, 0) is 0 Å². The summed E-state index contributed by atoms with van der Waals surface area (Å²) in [5, 5.41) is 2.87. The summed E-state index contributed by atoms with van der Waals surface area (Å²) < 4.78 is 0. The Hall–Kier alpha value is -0.940. The zero-order valence-corrected chi connectivity index (χ0v) is 5.36. The summed E-state index contributed by atoms with van der Waals surface area (Å²) in [5.41, 5.74) is 3.83. The first-order valence-corrected chi connectivity index (χ1v) is 2.51. The van der Waals surface area contributed by atoms with Gasteiger partial charge in [-0.15, -0.1) is 5.73 Å². The first-order chi connectivity index (χ1) is 3.77. The normalized spacial score (nSPS) is 6.75. The lowest BCUT2D eigenvalue weighted by Crippen LogP contribution is -1.90. The number of hydrogen-bond donors (Lipinski definition) is 1. The van der Waals surface area contributed by atoms with Gasteiger partial charge >= 0.3 is 0 Å². The van der Waals surface area contributed by atoms with Crippen LogP contribution in [0.1, 0.15) is 13.8 Å². The molecule has 1 heteroatoms. The summed E-state index contributed by atoms with van der Waals surface area (Å²) in [6.07, 6.45) is 3.55. The summed E-state index contributed by atoms with van der Waals surface area (Å²) in [4.78, 5) is 0. The van der Waals surface area contributed by atoms with Crippen LogP contribution in [0, 0.1) is 0 Å². The molecule has 0 aromatic rings. The molecule has 0 fully saturated rings. The van der Waals surface area contributed by atoms with E-state index in [1.54, 1.807) is 6.20 Å². The lowest BCUT2D eigenvalue weighted by Gasteiger charge is -1.86. The summed E-state index contributed by atoms with van der Waals surface area (Å²) >= 11 is 0. The van der Waals surface area contributed by atoms with Crippen molar-refractivity contribution in [3.63, 3.8) is 0 Å². The largest absolute Gasteiger partial charge is 0.361 e. The molecule has 0 heterocycles. The van der Waals surface area contributed by atoms with Crippen molar-refractivity contribution in [2.24, 2.45) is 0 Å². The second-order valence-corrected chi connectivity index (χ2v) is 1.74. The molecule has 44 valence electrons. The van der Waals surface area contributed by atoms with E-state index in [-0.39, 0.29) is 0 Å². The van der Waals surface area contributed by atoms with E-state index in [9.17, 15) is 0 Å². The number of allylic oxidation sites excluding steroid dienone is 1. The average molecular weight is 109 g/mol. The molecule has 0 saturated heterocycles. The molecule has 0 aromatic heterocycles. The Balaban J connectivity index is 3.44. The molecule has 0 saturated carbocycles. The van der Waals surface area contributed by atoms with E-state index in [1.165, 1.54) is 5.57 Å². The fourth-order valence-electron chi connectivity index (χ4n) is 0.267. The van der Waals surface area contributed by atoms with E-state index in [4.69, 9.17) is 0 Å². The minimum atomic E-state index is 1.23. The second-order valence-electron chi connectivity index (χ2n) is 1.74. The van der Waals surface area contributed by atoms with Gasteiger partial charge in [0.2, 0.25) is 0 Å². The van der Waals surface area contributed by atoms with Gasteiger partial charge in [-0.05, 0) is 20.0 Å². The van der Waals surface area contributed by atoms with Crippen LogP contribution in [0.2, 0.25) is 0 Å². The molecule has 0 rings (SSSR count). The van der Waals surface area contributed by atoms with E-state index in [0.29, 0.717) is 0 Å². The van der Waals surface area contributed by atoms with Crippen LogP contribution in [-0.4, -0.2) is 0 Å². The lowest BCUT2D eigenvalue weighted by atomic mass is 10.4. The monoisotopic (exact) mass is 109 g/mol. The number of nitrogens with one attached hydrogen (secondary N) is 1. The zero-order valence-electron chi connectivity index (χ0n) is 5.36. The Morgan fingerprint density at radius 2 is 2.25 bits per heavy atom. The van der Waals surface area contributed by atoms with E-state index >= 15 is 0 Å². The third-order valence-electron chi connectivity index (χ3n) is 0.557. The summed E-state index contributed by atoms with van der Waals surface area (Å²) in [6, 6.07) is 0. The first kappa shape index (κ1) is 7.06. The zero-order chi connectivity index (χ0) is 6.41. The molecule has 0 unspecified atom stereocenters. The van der Waals surface area contributed by atoms with E-state index in [2.05, 4.69) is 17.6 Å². The van der Waals surface area contributed by atoms with E-state index in [0.717, 1.165) is 0 Å². The Kier molecular flexibility index (Phi) is 3.73. The average Bonchev–Trinajstić information content (AvgIpc) is 1.66. The molecular weight excluding hydrogens is 98.1 g/mol. The topological polar surface area (TPSA) is 12.0 Å². The number of hydrogen-bond acceptors (Lipinski definition) is 1. The van der Waals surface area contributed by atoms with Crippen LogP contribution < -0.4 is 5.32 Å². The summed E-state index contributed by atoms with van der Waals surface area (Å²) in [6.45, 7) is 7.42. The Morgan fingerprint density at radius 1 is 1.62 bits per heavy atom. The molecule has 0 amide bonds. The first-order valence-electron chi connectivity index (χ1n) is 2.51. The highest BCUT2D eigenvalue weighted by Gasteiger charge is 1.68. The molecule has 0 spiro atoms. The standard InChI is InChI=1S/C7H11N/c1-4-5-8-6-7(2)3/h5-6,8H,1H2,2-3H3. The fraction of sp³-hybridized carbons (Fsp3) is 0.286. The van der Waals surface area contributed by atoms with Gasteiger partial charge in [-0.1, -0.05) is 12.2 Å². The van der Waals surface area contributed by atoms with Crippen LogP contribution in [0.4, 0.5) is 0 Å². The molecule has 1 N–H and O–H groups in total. The molecule has 0 bridgehead atoms. The molecule has 0 aliphatic rings. The smallest absolute Gasteiger partial charge is 0.0431 e. The maximum Gasteiger partial charge on any atom is 0.0431 e. The highest BCUT2D eigenvalue weighted by atomic mass is 14.8. The summed E-state index contributed by atoms with van der Waals surface area (Å²) in [7, 11) is 0. The van der Waals surface area contributed by atoms with Gasteiger partial charge in [0.05, 0.1) is 0 Å². The van der Waals surface area contributed by atoms with Gasteiger partial charge in [0.1, 0.15) is 0 Å². The van der Waals surface area contributed by atoms with Crippen molar-refractivity contribution in [2.45, 2.75) is 13.8 Å². The third kappa shape index (κ3) is 5.06. The van der Waals surface area contributed by atoms with Crippen LogP contribution in [0.25, 0.3) is 0 Å². The highest BCUT2D eigenvalue weighted by Crippen LogP contribution is 1.82. The van der Waals surface area contributed by atoms with Crippen molar-refractivity contribution in [3.05, 3.63) is 30.3 Å². The van der Waals surface area contributed by atoms with Crippen molar-refractivity contribution in [1.82, 2.24) is 5.32 Å². The van der Waals surface area contributed by atoms with E-state index in [1.807, 2.05) is 20.0 Å². The van der Waals surface area contributed by atoms with Gasteiger partial charge < -0.3 is 5.32 Å². The van der Waals surface area contributed by atoms with Crippen molar-refractivity contribution < 1.29 is 0 Å². The minimum Gasteiger partial charge on any atom is -0.361 e. The van der Waals surface area contributed by atoms with Crippen LogP contribution >= 0.6 is 0 Å². The van der Waals surface area contributed by atoms with Crippen molar-refractivity contribution in [2.75, 3.05) is 0 Å². The molecule has 0 aliphatic heterocycles. The van der Waals surface area contributed by atoms with Gasteiger partial charge in [-0.3, -0.25) is 0 Å². The predicted molar refractivity (Wildman–Crippen MR) is 36.3 cm³/mol. The molecule has 1 nitrogen and oxygen atoms in total. The van der Waals surface area contributed by atoms with Crippen LogP contribution in [0.15, 0.2) is 30.3 Å². The predicted octanol–water partition coefficient (Wildman–Crippen LogP) is 1.80. The van der Waals surface area contributed by atoms with E-state index < -0.39 is 0 Å². The second kappa shape index (κ2) is 4.23. The maximum absolute atomic E-state index is 3.39. The molecule has 0 atom stereocenters. The number of rotatable bonds is 2. The third-order valence-corrected chi connectivity index (χ3v) is 0.557. The SMILES string of the molecule is C=C=CNC=C(C)C. The van der Waals surface area contributed by atoms with Gasteiger partial charge in [0.15, 0.2) is 0 Å².